The van der Waals surface area contributed by atoms with Crippen molar-refractivity contribution in [3.63, 3.8) is 0 Å². The second-order valence-electron chi connectivity index (χ2n) is 5.59. The quantitative estimate of drug-likeness (QED) is 0.925. The van der Waals surface area contributed by atoms with Crippen LogP contribution in [0.3, 0.4) is 0 Å². The van der Waals surface area contributed by atoms with E-state index in [-0.39, 0.29) is 11.8 Å². The summed E-state index contributed by atoms with van der Waals surface area (Å²) in [5.74, 6) is 1.49. The fourth-order valence-electron chi connectivity index (χ4n) is 2.19. The first-order valence-electron chi connectivity index (χ1n) is 7.13. The van der Waals surface area contributed by atoms with E-state index in [2.05, 4.69) is 48.4 Å². The standard InChI is InChI=1S/C16H22N2OS/c1-11(2)10-13-4-6-14(7-5-13)12(3)15(19)18-16-17-8-9-20-16/h4-7,11-12H,8-10H2,1-3H3,(H,17,18,19). The zero-order valence-corrected chi connectivity index (χ0v) is 13.2. The number of rotatable bonds is 4. The third-order valence-electron chi connectivity index (χ3n) is 3.33. The third-order valence-corrected chi connectivity index (χ3v) is 4.22. The van der Waals surface area contributed by atoms with Gasteiger partial charge in [-0.05, 0) is 30.4 Å². The van der Waals surface area contributed by atoms with Gasteiger partial charge in [-0.3, -0.25) is 9.79 Å². The second kappa shape index (κ2) is 6.93. The summed E-state index contributed by atoms with van der Waals surface area (Å²) >= 11 is 1.61. The van der Waals surface area contributed by atoms with Crippen LogP contribution in [0.25, 0.3) is 0 Å². The summed E-state index contributed by atoms with van der Waals surface area (Å²) in [6.07, 6.45) is 1.08. The van der Waals surface area contributed by atoms with Gasteiger partial charge in [-0.15, -0.1) is 0 Å². The molecule has 1 aromatic carbocycles. The molecule has 2 rings (SSSR count). The van der Waals surface area contributed by atoms with Gasteiger partial charge >= 0.3 is 0 Å². The van der Waals surface area contributed by atoms with Gasteiger partial charge in [-0.1, -0.05) is 49.9 Å². The van der Waals surface area contributed by atoms with Gasteiger partial charge in [0.2, 0.25) is 5.91 Å². The number of hydrogen-bond donors (Lipinski definition) is 1. The third kappa shape index (κ3) is 4.10. The fourth-order valence-corrected chi connectivity index (χ4v) is 2.92. The highest BCUT2D eigenvalue weighted by atomic mass is 32.2. The first-order chi connectivity index (χ1) is 9.56. The lowest BCUT2D eigenvalue weighted by Crippen LogP contribution is -2.31. The van der Waals surface area contributed by atoms with Crippen LogP contribution in [0.4, 0.5) is 0 Å². The number of carbonyl (C=O) groups excluding carboxylic acids is 1. The molecule has 1 amide bonds. The summed E-state index contributed by atoms with van der Waals surface area (Å²) in [4.78, 5) is 16.4. The van der Waals surface area contributed by atoms with Crippen LogP contribution in [-0.2, 0) is 11.2 Å². The summed E-state index contributed by atoms with van der Waals surface area (Å²) in [5.41, 5.74) is 2.38. The number of carbonyl (C=O) groups is 1. The van der Waals surface area contributed by atoms with Crippen molar-refractivity contribution in [1.82, 2.24) is 5.32 Å². The Balaban J connectivity index is 1.97. The Kier molecular flexibility index (Phi) is 5.24. The van der Waals surface area contributed by atoms with E-state index in [4.69, 9.17) is 0 Å². The van der Waals surface area contributed by atoms with Gasteiger partial charge in [0.15, 0.2) is 5.17 Å². The lowest BCUT2D eigenvalue weighted by molar-refractivity contribution is -0.120. The highest BCUT2D eigenvalue weighted by Gasteiger charge is 2.18. The Morgan fingerprint density at radius 1 is 1.30 bits per heavy atom. The monoisotopic (exact) mass is 290 g/mol. The van der Waals surface area contributed by atoms with Gasteiger partial charge in [-0.2, -0.15) is 0 Å². The highest BCUT2D eigenvalue weighted by molar-refractivity contribution is 8.14. The Morgan fingerprint density at radius 2 is 2.00 bits per heavy atom. The molecule has 0 radical (unpaired) electrons. The van der Waals surface area contributed by atoms with Gasteiger partial charge in [0.05, 0.1) is 12.5 Å². The molecule has 1 atom stereocenters. The first kappa shape index (κ1) is 15.1. The van der Waals surface area contributed by atoms with E-state index in [0.29, 0.717) is 5.92 Å². The maximum Gasteiger partial charge on any atom is 0.233 e. The molecule has 0 aromatic heterocycles. The van der Waals surface area contributed by atoms with Crippen molar-refractivity contribution >= 4 is 22.8 Å². The Morgan fingerprint density at radius 3 is 2.55 bits per heavy atom. The Hall–Kier alpha value is -1.29. The predicted octanol–water partition coefficient (Wildman–Crippen LogP) is 3.21. The van der Waals surface area contributed by atoms with Crippen LogP contribution in [0.1, 0.15) is 37.8 Å². The molecule has 0 saturated heterocycles. The number of aliphatic imine (C=N–C) groups is 1. The molecule has 1 aliphatic heterocycles. The van der Waals surface area contributed by atoms with E-state index in [1.54, 1.807) is 11.8 Å². The summed E-state index contributed by atoms with van der Waals surface area (Å²) in [6, 6.07) is 8.37. The van der Waals surface area contributed by atoms with Gasteiger partial charge in [0, 0.05) is 5.75 Å². The molecule has 0 spiro atoms. The minimum atomic E-state index is -0.146. The lowest BCUT2D eigenvalue weighted by atomic mass is 9.96. The molecule has 3 nitrogen and oxygen atoms in total. The molecule has 0 aliphatic carbocycles. The number of amides is 1. The molecule has 20 heavy (non-hydrogen) atoms. The zero-order valence-electron chi connectivity index (χ0n) is 12.3. The topological polar surface area (TPSA) is 41.5 Å². The van der Waals surface area contributed by atoms with Crippen molar-refractivity contribution in [1.29, 1.82) is 0 Å². The SMILES string of the molecule is CC(C)Cc1ccc(C(C)C(=O)NC2=NCCS2)cc1. The number of hydrogen-bond acceptors (Lipinski definition) is 3. The van der Waals surface area contributed by atoms with E-state index in [0.717, 1.165) is 29.4 Å². The maximum atomic E-state index is 12.2. The molecule has 0 saturated carbocycles. The van der Waals surface area contributed by atoms with Crippen LogP contribution in [-0.4, -0.2) is 23.4 Å². The maximum absolute atomic E-state index is 12.2. The number of nitrogens with one attached hydrogen (secondary N) is 1. The Bertz CT molecular complexity index is 494. The van der Waals surface area contributed by atoms with E-state index < -0.39 is 0 Å². The first-order valence-corrected chi connectivity index (χ1v) is 8.11. The summed E-state index contributed by atoms with van der Waals surface area (Å²) in [5, 5.41) is 3.66. The second-order valence-corrected chi connectivity index (χ2v) is 6.67. The fraction of sp³-hybridized carbons (Fsp3) is 0.500. The normalized spacial score (nSPS) is 16.1. The summed E-state index contributed by atoms with van der Waals surface area (Å²) in [6.45, 7) is 7.17. The Labute approximate surface area is 125 Å². The minimum absolute atomic E-state index is 0.0229. The molecule has 1 aromatic rings. The molecule has 1 unspecified atom stereocenters. The van der Waals surface area contributed by atoms with E-state index in [9.17, 15) is 4.79 Å². The van der Waals surface area contributed by atoms with E-state index in [1.807, 2.05) is 6.92 Å². The number of benzene rings is 1. The van der Waals surface area contributed by atoms with E-state index in [1.165, 1.54) is 5.56 Å². The summed E-state index contributed by atoms with van der Waals surface area (Å²) < 4.78 is 0. The average molecular weight is 290 g/mol. The zero-order chi connectivity index (χ0) is 14.5. The molecule has 1 aliphatic rings. The van der Waals surface area contributed by atoms with Gasteiger partial charge in [0.1, 0.15) is 0 Å². The van der Waals surface area contributed by atoms with E-state index >= 15 is 0 Å². The van der Waals surface area contributed by atoms with Gasteiger partial charge in [-0.25, -0.2) is 0 Å². The molecule has 1 heterocycles. The van der Waals surface area contributed by atoms with Crippen LogP contribution < -0.4 is 5.32 Å². The van der Waals surface area contributed by atoms with Crippen LogP contribution in [0.15, 0.2) is 29.3 Å². The lowest BCUT2D eigenvalue weighted by Gasteiger charge is -2.13. The van der Waals surface area contributed by atoms with Crippen LogP contribution in [0, 0.1) is 5.92 Å². The van der Waals surface area contributed by atoms with Gasteiger partial charge < -0.3 is 5.32 Å². The van der Waals surface area contributed by atoms with Crippen molar-refractivity contribution in [2.45, 2.75) is 33.1 Å². The number of nitrogens with zero attached hydrogens (tertiary/aromatic N) is 1. The molecule has 0 fully saturated rings. The van der Waals surface area contributed by atoms with Crippen molar-refractivity contribution in [2.24, 2.45) is 10.9 Å². The van der Waals surface area contributed by atoms with Crippen LogP contribution >= 0.6 is 11.8 Å². The molecule has 108 valence electrons. The van der Waals surface area contributed by atoms with Crippen LogP contribution in [0.5, 0.6) is 0 Å². The van der Waals surface area contributed by atoms with Crippen LogP contribution in [0.2, 0.25) is 0 Å². The molecule has 0 bridgehead atoms. The smallest absolute Gasteiger partial charge is 0.233 e. The summed E-state index contributed by atoms with van der Waals surface area (Å²) in [7, 11) is 0. The number of amidine groups is 1. The molecular formula is C16H22N2OS. The molecular weight excluding hydrogens is 268 g/mol. The van der Waals surface area contributed by atoms with Crippen molar-refractivity contribution < 1.29 is 4.79 Å². The predicted molar refractivity (Wildman–Crippen MR) is 86.3 cm³/mol. The molecule has 4 heteroatoms. The highest BCUT2D eigenvalue weighted by Crippen LogP contribution is 2.19. The van der Waals surface area contributed by atoms with Gasteiger partial charge in [0.25, 0.3) is 0 Å². The van der Waals surface area contributed by atoms with Crippen molar-refractivity contribution in [3.8, 4) is 0 Å². The largest absolute Gasteiger partial charge is 0.305 e. The molecule has 1 N–H and O–H groups in total. The number of thioether (sulfide) groups is 1. The van der Waals surface area contributed by atoms with Crippen molar-refractivity contribution in [3.05, 3.63) is 35.4 Å². The minimum Gasteiger partial charge on any atom is -0.305 e. The average Bonchev–Trinajstić information content (AvgIpc) is 2.91. The van der Waals surface area contributed by atoms with Crippen molar-refractivity contribution in [2.75, 3.05) is 12.3 Å².